The van der Waals surface area contributed by atoms with E-state index in [0.29, 0.717) is 17.8 Å². The molecule has 0 radical (unpaired) electrons. The Bertz CT molecular complexity index is 836. The molecule has 2 rings (SSSR count). The third kappa shape index (κ3) is 4.48. The van der Waals surface area contributed by atoms with E-state index in [1.165, 1.54) is 19.2 Å². The van der Waals surface area contributed by atoms with Gasteiger partial charge in [0, 0.05) is 22.3 Å². The summed E-state index contributed by atoms with van der Waals surface area (Å²) < 4.78 is 33.8. The molecule has 0 fully saturated rings. The Morgan fingerprint density at radius 2 is 1.75 bits per heavy atom. The Kier molecular flexibility index (Phi) is 5.84. The first-order valence-corrected chi connectivity index (χ1v) is 9.39. The van der Waals surface area contributed by atoms with E-state index in [-0.39, 0.29) is 16.6 Å². The molecule has 0 aliphatic rings. The maximum atomic E-state index is 12.7. The molecule has 0 aliphatic heterocycles. The van der Waals surface area contributed by atoms with E-state index >= 15 is 0 Å². The SMILES string of the molecule is CCC(=O)Nc1ccc(OC)c(S(=O)(=O)Nc2ccc(Br)cc2)c1. The summed E-state index contributed by atoms with van der Waals surface area (Å²) >= 11 is 3.29. The number of benzene rings is 2. The highest BCUT2D eigenvalue weighted by Gasteiger charge is 2.20. The monoisotopic (exact) mass is 412 g/mol. The normalized spacial score (nSPS) is 11.0. The van der Waals surface area contributed by atoms with Crippen molar-refractivity contribution in [2.24, 2.45) is 0 Å². The lowest BCUT2D eigenvalue weighted by atomic mass is 10.3. The molecule has 0 bridgehead atoms. The van der Waals surface area contributed by atoms with Crippen LogP contribution in [-0.4, -0.2) is 21.4 Å². The summed E-state index contributed by atoms with van der Waals surface area (Å²) in [5.41, 5.74) is 0.807. The predicted octanol–water partition coefficient (Wildman–Crippen LogP) is 3.61. The van der Waals surface area contributed by atoms with Gasteiger partial charge in [0.2, 0.25) is 5.91 Å². The minimum atomic E-state index is -3.88. The lowest BCUT2D eigenvalue weighted by Crippen LogP contribution is -2.15. The fourth-order valence-electron chi connectivity index (χ4n) is 1.94. The molecule has 0 saturated heterocycles. The van der Waals surface area contributed by atoms with Crippen molar-refractivity contribution >= 4 is 43.2 Å². The van der Waals surface area contributed by atoms with Gasteiger partial charge < -0.3 is 10.1 Å². The predicted molar refractivity (Wildman–Crippen MR) is 96.9 cm³/mol. The number of halogens is 1. The highest BCUT2D eigenvalue weighted by Crippen LogP contribution is 2.29. The topological polar surface area (TPSA) is 84.5 Å². The molecule has 2 N–H and O–H groups in total. The number of methoxy groups -OCH3 is 1. The Balaban J connectivity index is 2.37. The van der Waals surface area contributed by atoms with E-state index in [4.69, 9.17) is 4.74 Å². The Hall–Kier alpha value is -2.06. The minimum absolute atomic E-state index is 0.0539. The van der Waals surface area contributed by atoms with Gasteiger partial charge in [-0.25, -0.2) is 8.42 Å². The van der Waals surface area contributed by atoms with Gasteiger partial charge in [-0.3, -0.25) is 9.52 Å². The second-order valence-corrected chi connectivity index (χ2v) is 7.45. The lowest BCUT2D eigenvalue weighted by Gasteiger charge is -2.13. The molecule has 0 heterocycles. The van der Waals surface area contributed by atoms with Crippen molar-refractivity contribution in [1.82, 2.24) is 0 Å². The molecular weight excluding hydrogens is 396 g/mol. The van der Waals surface area contributed by atoms with Crippen molar-refractivity contribution in [2.45, 2.75) is 18.2 Å². The van der Waals surface area contributed by atoms with Gasteiger partial charge in [-0.1, -0.05) is 22.9 Å². The smallest absolute Gasteiger partial charge is 0.265 e. The maximum Gasteiger partial charge on any atom is 0.265 e. The van der Waals surface area contributed by atoms with Crippen LogP contribution < -0.4 is 14.8 Å². The third-order valence-corrected chi connectivity index (χ3v) is 5.09. The quantitative estimate of drug-likeness (QED) is 0.758. The van der Waals surface area contributed by atoms with Crippen LogP contribution in [0.1, 0.15) is 13.3 Å². The minimum Gasteiger partial charge on any atom is -0.495 e. The first-order valence-electron chi connectivity index (χ1n) is 7.12. The van der Waals surface area contributed by atoms with Gasteiger partial charge in [-0.2, -0.15) is 0 Å². The summed E-state index contributed by atoms with van der Waals surface area (Å²) in [6.45, 7) is 1.71. The van der Waals surface area contributed by atoms with Gasteiger partial charge in [-0.05, 0) is 42.5 Å². The molecule has 0 atom stereocenters. The molecule has 2 aromatic carbocycles. The van der Waals surface area contributed by atoms with Crippen molar-refractivity contribution in [3.8, 4) is 5.75 Å². The lowest BCUT2D eigenvalue weighted by molar-refractivity contribution is -0.115. The van der Waals surface area contributed by atoms with Crippen LogP contribution in [0.3, 0.4) is 0 Å². The summed E-state index contributed by atoms with van der Waals surface area (Å²) in [6, 6.07) is 11.2. The van der Waals surface area contributed by atoms with E-state index in [1.54, 1.807) is 37.3 Å². The number of sulfonamides is 1. The summed E-state index contributed by atoms with van der Waals surface area (Å²) in [5.74, 6) is -0.0153. The van der Waals surface area contributed by atoms with Gasteiger partial charge in [-0.15, -0.1) is 0 Å². The average molecular weight is 413 g/mol. The molecule has 0 aliphatic carbocycles. The molecule has 24 heavy (non-hydrogen) atoms. The summed E-state index contributed by atoms with van der Waals surface area (Å²) in [7, 11) is -2.49. The Morgan fingerprint density at radius 3 is 2.33 bits per heavy atom. The number of ether oxygens (including phenoxy) is 1. The molecule has 8 heteroatoms. The molecule has 6 nitrogen and oxygen atoms in total. The highest BCUT2D eigenvalue weighted by molar-refractivity contribution is 9.10. The first-order chi connectivity index (χ1) is 11.4. The maximum absolute atomic E-state index is 12.7. The molecule has 0 saturated carbocycles. The zero-order valence-electron chi connectivity index (χ0n) is 13.2. The molecule has 0 spiro atoms. The summed E-state index contributed by atoms with van der Waals surface area (Å²) in [5, 5.41) is 2.63. The van der Waals surface area contributed by atoms with E-state index < -0.39 is 10.0 Å². The fraction of sp³-hybridized carbons (Fsp3) is 0.188. The number of carbonyl (C=O) groups is 1. The van der Waals surface area contributed by atoms with Crippen molar-refractivity contribution in [1.29, 1.82) is 0 Å². The van der Waals surface area contributed by atoms with Crippen molar-refractivity contribution < 1.29 is 17.9 Å². The van der Waals surface area contributed by atoms with Gasteiger partial charge in [0.15, 0.2) is 0 Å². The van der Waals surface area contributed by atoms with Crippen LogP contribution in [0.25, 0.3) is 0 Å². The van der Waals surface area contributed by atoms with Crippen molar-refractivity contribution in [2.75, 3.05) is 17.1 Å². The molecular formula is C16H17BrN2O4S. The first kappa shape index (κ1) is 18.3. The van der Waals surface area contributed by atoms with Gasteiger partial charge >= 0.3 is 0 Å². The Labute approximate surface area is 149 Å². The second kappa shape index (κ2) is 7.67. The summed E-state index contributed by atoms with van der Waals surface area (Å²) in [6.07, 6.45) is 0.297. The van der Waals surface area contributed by atoms with E-state index in [2.05, 4.69) is 26.0 Å². The molecule has 0 aromatic heterocycles. The standard InChI is InChI=1S/C16H17BrN2O4S/c1-3-16(20)18-13-8-9-14(23-2)15(10-13)24(21,22)19-12-6-4-11(17)5-7-12/h4-10,19H,3H2,1-2H3,(H,18,20). The van der Waals surface area contributed by atoms with Crippen molar-refractivity contribution in [3.63, 3.8) is 0 Å². The summed E-state index contributed by atoms with van der Waals surface area (Å²) in [4.78, 5) is 11.5. The molecule has 128 valence electrons. The number of hydrogen-bond donors (Lipinski definition) is 2. The van der Waals surface area contributed by atoms with Gasteiger partial charge in [0.05, 0.1) is 7.11 Å². The second-order valence-electron chi connectivity index (χ2n) is 4.88. The van der Waals surface area contributed by atoms with Crippen LogP contribution in [0.2, 0.25) is 0 Å². The van der Waals surface area contributed by atoms with Crippen LogP contribution in [0.15, 0.2) is 51.8 Å². The van der Waals surface area contributed by atoms with Crippen LogP contribution >= 0.6 is 15.9 Å². The zero-order chi connectivity index (χ0) is 17.7. The van der Waals surface area contributed by atoms with E-state index in [0.717, 1.165) is 4.47 Å². The van der Waals surface area contributed by atoms with Crippen LogP contribution in [0.5, 0.6) is 5.75 Å². The highest BCUT2D eigenvalue weighted by atomic mass is 79.9. The number of carbonyl (C=O) groups excluding carboxylic acids is 1. The van der Waals surface area contributed by atoms with Gasteiger partial charge in [0.25, 0.3) is 10.0 Å². The molecule has 0 unspecified atom stereocenters. The van der Waals surface area contributed by atoms with Crippen LogP contribution in [-0.2, 0) is 14.8 Å². The fourth-order valence-corrected chi connectivity index (χ4v) is 3.46. The van der Waals surface area contributed by atoms with Crippen LogP contribution in [0.4, 0.5) is 11.4 Å². The van der Waals surface area contributed by atoms with E-state index in [1.807, 2.05) is 0 Å². The number of anilines is 2. The van der Waals surface area contributed by atoms with Crippen LogP contribution in [0, 0.1) is 0 Å². The zero-order valence-corrected chi connectivity index (χ0v) is 15.6. The average Bonchev–Trinajstić information content (AvgIpc) is 2.56. The van der Waals surface area contributed by atoms with Gasteiger partial charge in [0.1, 0.15) is 10.6 Å². The molecule has 1 amide bonds. The number of amides is 1. The van der Waals surface area contributed by atoms with Crippen molar-refractivity contribution in [3.05, 3.63) is 46.9 Å². The Morgan fingerprint density at radius 1 is 1.12 bits per heavy atom. The number of hydrogen-bond acceptors (Lipinski definition) is 4. The third-order valence-electron chi connectivity index (χ3n) is 3.15. The molecule has 2 aromatic rings. The van der Waals surface area contributed by atoms with E-state index in [9.17, 15) is 13.2 Å². The largest absolute Gasteiger partial charge is 0.495 e. The number of rotatable bonds is 6. The number of nitrogens with one attached hydrogen (secondary N) is 2.